The molecular weight excluding hydrogens is 184 g/mol. The maximum atomic E-state index is 11.2. The van der Waals surface area contributed by atoms with Gasteiger partial charge >= 0.3 is 0 Å². The first kappa shape index (κ1) is 8.89. The monoisotopic (exact) mass is 194 g/mol. The number of nitrogens with zero attached hydrogens (tertiary/aromatic N) is 3. The second-order valence-corrected chi connectivity index (χ2v) is 2.94. The number of imidazole rings is 1. The first-order valence-electron chi connectivity index (χ1n) is 4.32. The van der Waals surface area contributed by atoms with Crippen LogP contribution in [0.3, 0.4) is 0 Å². The van der Waals surface area contributed by atoms with E-state index in [0.717, 1.165) is 0 Å². The molecule has 14 heavy (non-hydrogen) atoms. The molecule has 0 bridgehead atoms. The van der Waals surface area contributed by atoms with Crippen LogP contribution in [0.5, 0.6) is 0 Å². The Kier molecular flexibility index (Phi) is 2.05. The number of rotatable bonds is 2. The van der Waals surface area contributed by atoms with Crippen LogP contribution in [0, 0.1) is 0 Å². The molecule has 0 aliphatic carbocycles. The Morgan fingerprint density at radius 2 is 2.43 bits per heavy atom. The van der Waals surface area contributed by atoms with E-state index in [2.05, 4.69) is 15.0 Å². The highest BCUT2D eigenvalue weighted by Crippen LogP contribution is 2.12. The minimum absolute atomic E-state index is 0.250. The Bertz CT molecular complexity index is 501. The van der Waals surface area contributed by atoms with Crippen molar-refractivity contribution < 1.29 is 5.11 Å². The summed E-state index contributed by atoms with van der Waals surface area (Å²) in [7, 11) is 0. The normalized spacial score (nSPS) is 13.3. The number of aliphatic hydroxyl groups is 1. The van der Waals surface area contributed by atoms with Crippen molar-refractivity contribution in [2.45, 2.75) is 19.6 Å². The molecule has 74 valence electrons. The topological polar surface area (TPSA) is 83.8 Å². The van der Waals surface area contributed by atoms with Crippen molar-refractivity contribution in [1.29, 1.82) is 0 Å². The molecule has 2 heterocycles. The molecular formula is C8H10N4O2. The number of aliphatic hydroxyl groups excluding tert-OH is 1. The average Bonchev–Trinajstić information content (AvgIpc) is 2.62. The van der Waals surface area contributed by atoms with E-state index >= 15 is 0 Å². The van der Waals surface area contributed by atoms with Crippen molar-refractivity contribution in [1.82, 2.24) is 19.5 Å². The molecule has 2 rings (SSSR count). The van der Waals surface area contributed by atoms with Gasteiger partial charge in [0.2, 0.25) is 0 Å². The van der Waals surface area contributed by atoms with Crippen LogP contribution in [0.2, 0.25) is 0 Å². The van der Waals surface area contributed by atoms with Crippen LogP contribution in [0.4, 0.5) is 0 Å². The quantitative estimate of drug-likeness (QED) is 0.705. The summed E-state index contributed by atoms with van der Waals surface area (Å²) in [5.41, 5.74) is 0.361. The molecule has 0 aliphatic heterocycles. The van der Waals surface area contributed by atoms with E-state index in [-0.39, 0.29) is 11.1 Å². The van der Waals surface area contributed by atoms with Crippen LogP contribution in [0.1, 0.15) is 19.6 Å². The van der Waals surface area contributed by atoms with Crippen molar-refractivity contribution in [2.24, 2.45) is 0 Å². The van der Waals surface area contributed by atoms with Gasteiger partial charge in [-0.25, -0.2) is 9.97 Å². The van der Waals surface area contributed by atoms with Crippen LogP contribution in [0.15, 0.2) is 17.4 Å². The van der Waals surface area contributed by atoms with Crippen LogP contribution in [-0.4, -0.2) is 24.6 Å². The standard InChI is InChI=1S/C8H10N4O2/c1-2-5(13)12-4-11-6-7(12)9-3-10-8(6)14/h3-5,13H,2H2,1H3,(H,9,10,14). The molecule has 0 spiro atoms. The molecule has 0 radical (unpaired) electrons. The van der Waals surface area contributed by atoms with Gasteiger partial charge < -0.3 is 10.1 Å². The molecule has 6 heteroatoms. The zero-order chi connectivity index (χ0) is 10.1. The predicted molar refractivity (Wildman–Crippen MR) is 49.7 cm³/mol. The number of hydrogen-bond acceptors (Lipinski definition) is 4. The molecule has 2 aromatic rings. The summed E-state index contributed by atoms with van der Waals surface area (Å²) in [5.74, 6) is 0. The Morgan fingerprint density at radius 3 is 3.14 bits per heavy atom. The van der Waals surface area contributed by atoms with Gasteiger partial charge in [0.15, 0.2) is 11.2 Å². The molecule has 2 aromatic heterocycles. The van der Waals surface area contributed by atoms with Crippen molar-refractivity contribution >= 4 is 11.2 Å². The summed E-state index contributed by atoms with van der Waals surface area (Å²) >= 11 is 0. The second kappa shape index (κ2) is 3.22. The van der Waals surface area contributed by atoms with Crippen molar-refractivity contribution in [3.63, 3.8) is 0 Å². The number of fused-ring (bicyclic) bond motifs is 1. The molecule has 0 fully saturated rings. The van der Waals surface area contributed by atoms with Crippen molar-refractivity contribution in [2.75, 3.05) is 0 Å². The Balaban J connectivity index is 2.70. The first-order valence-corrected chi connectivity index (χ1v) is 4.32. The fourth-order valence-corrected chi connectivity index (χ4v) is 1.28. The van der Waals surface area contributed by atoms with Gasteiger partial charge in [0, 0.05) is 0 Å². The van der Waals surface area contributed by atoms with Crippen molar-refractivity contribution in [3.8, 4) is 0 Å². The van der Waals surface area contributed by atoms with Gasteiger partial charge in [-0.2, -0.15) is 0 Å². The van der Waals surface area contributed by atoms with E-state index < -0.39 is 6.23 Å². The molecule has 1 unspecified atom stereocenters. The molecule has 0 saturated heterocycles. The molecule has 0 amide bonds. The zero-order valence-electron chi connectivity index (χ0n) is 7.64. The summed E-state index contributed by atoms with van der Waals surface area (Å²) in [5, 5.41) is 9.58. The maximum Gasteiger partial charge on any atom is 0.278 e. The number of aromatic nitrogens is 4. The third-order valence-electron chi connectivity index (χ3n) is 2.05. The van der Waals surface area contributed by atoms with E-state index in [9.17, 15) is 9.90 Å². The third-order valence-corrected chi connectivity index (χ3v) is 2.05. The maximum absolute atomic E-state index is 11.2. The highest BCUT2D eigenvalue weighted by molar-refractivity contribution is 5.68. The van der Waals surface area contributed by atoms with E-state index in [1.165, 1.54) is 17.2 Å². The van der Waals surface area contributed by atoms with Crippen LogP contribution < -0.4 is 5.56 Å². The van der Waals surface area contributed by atoms with Crippen LogP contribution in [0.25, 0.3) is 11.2 Å². The molecule has 1 atom stereocenters. The van der Waals surface area contributed by atoms with Crippen molar-refractivity contribution in [3.05, 3.63) is 23.0 Å². The van der Waals surface area contributed by atoms with Crippen LogP contribution in [-0.2, 0) is 0 Å². The Hall–Kier alpha value is -1.69. The summed E-state index contributed by atoms with van der Waals surface area (Å²) < 4.78 is 1.48. The molecule has 0 saturated carbocycles. The SMILES string of the molecule is CCC(O)n1cnc2c(=O)[nH]cnc21. The lowest BCUT2D eigenvalue weighted by Gasteiger charge is -2.08. The van der Waals surface area contributed by atoms with Gasteiger partial charge in [-0.3, -0.25) is 9.36 Å². The number of hydrogen-bond donors (Lipinski definition) is 2. The third kappa shape index (κ3) is 1.20. The first-order chi connectivity index (χ1) is 6.74. The van der Waals surface area contributed by atoms with E-state index in [4.69, 9.17) is 0 Å². The second-order valence-electron chi connectivity index (χ2n) is 2.94. The summed E-state index contributed by atoms with van der Waals surface area (Å²) in [6.07, 6.45) is 2.57. The van der Waals surface area contributed by atoms with E-state index in [1.807, 2.05) is 6.92 Å². The largest absolute Gasteiger partial charge is 0.373 e. The fraction of sp³-hybridized carbons (Fsp3) is 0.375. The summed E-state index contributed by atoms with van der Waals surface area (Å²) in [4.78, 5) is 21.5. The Labute approximate surface area is 79.2 Å². The molecule has 2 N–H and O–H groups in total. The van der Waals surface area contributed by atoms with Crippen LogP contribution >= 0.6 is 0 Å². The predicted octanol–water partition coefficient (Wildman–Crippen LogP) is 0.0205. The minimum Gasteiger partial charge on any atom is -0.373 e. The van der Waals surface area contributed by atoms with Gasteiger partial charge in [-0.1, -0.05) is 6.92 Å². The molecule has 0 aromatic carbocycles. The Morgan fingerprint density at radius 1 is 1.64 bits per heavy atom. The van der Waals surface area contributed by atoms with Gasteiger partial charge in [-0.05, 0) is 6.42 Å². The average molecular weight is 194 g/mol. The van der Waals surface area contributed by atoms with E-state index in [0.29, 0.717) is 12.1 Å². The summed E-state index contributed by atoms with van der Waals surface area (Å²) in [6.45, 7) is 1.84. The van der Waals surface area contributed by atoms with Gasteiger partial charge in [-0.15, -0.1) is 0 Å². The number of H-pyrrole nitrogens is 1. The fourth-order valence-electron chi connectivity index (χ4n) is 1.28. The number of nitrogens with one attached hydrogen (secondary N) is 1. The lowest BCUT2D eigenvalue weighted by Crippen LogP contribution is -2.10. The van der Waals surface area contributed by atoms with Gasteiger partial charge in [0.1, 0.15) is 6.23 Å². The highest BCUT2D eigenvalue weighted by atomic mass is 16.3. The lowest BCUT2D eigenvalue weighted by atomic mass is 10.4. The highest BCUT2D eigenvalue weighted by Gasteiger charge is 2.11. The molecule has 0 aliphatic rings. The van der Waals surface area contributed by atoms with E-state index in [1.54, 1.807) is 0 Å². The van der Waals surface area contributed by atoms with Gasteiger partial charge in [0.25, 0.3) is 5.56 Å². The van der Waals surface area contributed by atoms with Gasteiger partial charge in [0.05, 0.1) is 12.7 Å². The zero-order valence-corrected chi connectivity index (χ0v) is 7.64. The molecule has 6 nitrogen and oxygen atoms in total. The lowest BCUT2D eigenvalue weighted by molar-refractivity contribution is 0.103. The number of aromatic amines is 1. The summed E-state index contributed by atoms with van der Waals surface area (Å²) in [6, 6.07) is 0. The minimum atomic E-state index is -0.686. The smallest absolute Gasteiger partial charge is 0.278 e.